The van der Waals surface area contributed by atoms with Crippen molar-refractivity contribution < 1.29 is 4.79 Å². The van der Waals surface area contributed by atoms with Crippen LogP contribution < -0.4 is 0 Å². The SMILES string of the molecule is O=C(c1ccccc1)[C@H]1[C@H](C(=S)c2ccccc2)[C@@H]2C=C[C@H]1C2. The molecule has 0 saturated heterocycles. The number of ketones is 1. The van der Waals surface area contributed by atoms with Gasteiger partial charge in [0.2, 0.25) is 0 Å². The predicted molar refractivity (Wildman–Crippen MR) is 96.6 cm³/mol. The van der Waals surface area contributed by atoms with Gasteiger partial charge in [0.05, 0.1) is 0 Å². The lowest BCUT2D eigenvalue weighted by molar-refractivity contribution is 0.0884. The fraction of sp³-hybridized carbons (Fsp3) is 0.238. The second-order valence-electron chi connectivity index (χ2n) is 6.46. The molecule has 0 unspecified atom stereocenters. The number of Topliss-reactive ketones (excluding diaryl/α,β-unsaturated/α-hetero) is 1. The van der Waals surface area contributed by atoms with Crippen molar-refractivity contribution >= 4 is 22.9 Å². The van der Waals surface area contributed by atoms with Gasteiger partial charge in [0.1, 0.15) is 0 Å². The Bertz CT molecular complexity index is 697. The first kappa shape index (κ1) is 14.5. The highest BCUT2D eigenvalue weighted by Gasteiger charge is 2.49. The number of carbonyl (C=O) groups is 1. The molecular formula is C21H18OS. The topological polar surface area (TPSA) is 17.1 Å². The van der Waals surface area contributed by atoms with Crippen molar-refractivity contribution in [2.24, 2.45) is 23.7 Å². The van der Waals surface area contributed by atoms with E-state index in [9.17, 15) is 4.79 Å². The Kier molecular flexibility index (Phi) is 3.70. The van der Waals surface area contributed by atoms with Crippen LogP contribution in [0.15, 0.2) is 72.8 Å². The summed E-state index contributed by atoms with van der Waals surface area (Å²) in [5, 5.41) is 0. The van der Waals surface area contributed by atoms with Crippen LogP contribution in [-0.2, 0) is 0 Å². The summed E-state index contributed by atoms with van der Waals surface area (Å²) < 4.78 is 0. The Hall–Kier alpha value is -2.06. The second-order valence-corrected chi connectivity index (χ2v) is 6.90. The van der Waals surface area contributed by atoms with E-state index in [2.05, 4.69) is 24.3 Å². The molecule has 0 aliphatic heterocycles. The first-order chi connectivity index (χ1) is 11.3. The molecule has 0 aromatic heterocycles. The molecule has 0 N–H and O–H groups in total. The maximum atomic E-state index is 13.1. The Morgan fingerprint density at radius 1 is 0.783 bits per heavy atom. The normalized spacial score (nSPS) is 28.0. The number of rotatable bonds is 4. The fourth-order valence-electron chi connectivity index (χ4n) is 4.13. The van der Waals surface area contributed by atoms with Gasteiger partial charge in [0.25, 0.3) is 0 Å². The van der Waals surface area contributed by atoms with E-state index in [-0.39, 0.29) is 17.6 Å². The summed E-state index contributed by atoms with van der Waals surface area (Å²) in [7, 11) is 0. The molecule has 1 nitrogen and oxygen atoms in total. The number of fused-ring (bicyclic) bond motifs is 2. The van der Waals surface area contributed by atoms with E-state index in [0.717, 1.165) is 22.4 Å². The first-order valence-electron chi connectivity index (χ1n) is 8.12. The number of hydrogen-bond acceptors (Lipinski definition) is 2. The fourth-order valence-corrected chi connectivity index (χ4v) is 4.58. The van der Waals surface area contributed by atoms with Crippen LogP contribution in [0.5, 0.6) is 0 Å². The number of thiocarbonyl (C=S) groups is 1. The van der Waals surface area contributed by atoms with E-state index < -0.39 is 0 Å². The van der Waals surface area contributed by atoms with Crippen molar-refractivity contribution in [3.63, 3.8) is 0 Å². The van der Waals surface area contributed by atoms with Gasteiger partial charge in [-0.2, -0.15) is 0 Å². The number of hydrogen-bond donors (Lipinski definition) is 0. The third-order valence-corrected chi connectivity index (χ3v) is 5.69. The van der Waals surface area contributed by atoms with Gasteiger partial charge in [-0.1, -0.05) is 85.0 Å². The second kappa shape index (κ2) is 5.86. The molecule has 2 aromatic carbocycles. The highest BCUT2D eigenvalue weighted by Crippen LogP contribution is 2.50. The molecule has 114 valence electrons. The quantitative estimate of drug-likeness (QED) is 0.461. The number of carbonyl (C=O) groups excluding carboxylic acids is 1. The third-order valence-electron chi connectivity index (χ3n) is 5.18. The molecule has 4 atom stereocenters. The largest absolute Gasteiger partial charge is 0.294 e. The summed E-state index contributed by atoms with van der Waals surface area (Å²) in [6.45, 7) is 0. The summed E-state index contributed by atoms with van der Waals surface area (Å²) in [6, 6.07) is 19.8. The van der Waals surface area contributed by atoms with Crippen LogP contribution in [-0.4, -0.2) is 10.6 Å². The van der Waals surface area contributed by atoms with E-state index in [1.54, 1.807) is 0 Å². The highest BCUT2D eigenvalue weighted by molar-refractivity contribution is 7.80. The van der Waals surface area contributed by atoms with Gasteiger partial charge < -0.3 is 0 Å². The summed E-state index contributed by atoms with van der Waals surface area (Å²) in [4.78, 5) is 14.0. The molecule has 2 aliphatic rings. The van der Waals surface area contributed by atoms with Crippen molar-refractivity contribution in [1.82, 2.24) is 0 Å². The number of benzene rings is 2. The Labute approximate surface area is 142 Å². The van der Waals surface area contributed by atoms with E-state index >= 15 is 0 Å². The maximum absolute atomic E-state index is 13.1. The molecule has 0 heterocycles. The molecule has 1 fully saturated rings. The Morgan fingerprint density at radius 2 is 1.30 bits per heavy atom. The molecule has 0 radical (unpaired) electrons. The van der Waals surface area contributed by atoms with Crippen molar-refractivity contribution in [3.05, 3.63) is 83.9 Å². The minimum Gasteiger partial charge on any atom is -0.294 e. The van der Waals surface area contributed by atoms with Crippen LogP contribution in [0, 0.1) is 23.7 Å². The molecular weight excluding hydrogens is 300 g/mol. The average Bonchev–Trinajstić information content (AvgIpc) is 3.23. The van der Waals surface area contributed by atoms with E-state index in [1.165, 1.54) is 0 Å². The van der Waals surface area contributed by atoms with Gasteiger partial charge >= 0.3 is 0 Å². The van der Waals surface area contributed by atoms with Gasteiger partial charge in [0.15, 0.2) is 5.78 Å². The van der Waals surface area contributed by atoms with Gasteiger partial charge in [0, 0.05) is 22.3 Å². The van der Waals surface area contributed by atoms with Gasteiger partial charge in [-0.3, -0.25) is 4.79 Å². The summed E-state index contributed by atoms with van der Waals surface area (Å²) in [6.07, 6.45) is 5.54. The van der Waals surface area contributed by atoms with Crippen LogP contribution in [0.1, 0.15) is 22.3 Å². The Balaban J connectivity index is 1.69. The highest BCUT2D eigenvalue weighted by atomic mass is 32.1. The van der Waals surface area contributed by atoms with Crippen LogP contribution in [0.4, 0.5) is 0 Å². The molecule has 2 aromatic rings. The summed E-state index contributed by atoms with van der Waals surface area (Å²) in [5.74, 6) is 1.12. The van der Waals surface area contributed by atoms with Crippen LogP contribution in [0.3, 0.4) is 0 Å². The molecule has 23 heavy (non-hydrogen) atoms. The summed E-state index contributed by atoms with van der Waals surface area (Å²) in [5.41, 5.74) is 1.89. The van der Waals surface area contributed by atoms with E-state index in [4.69, 9.17) is 12.2 Å². The molecule has 4 rings (SSSR count). The van der Waals surface area contributed by atoms with E-state index in [1.807, 2.05) is 48.5 Å². The van der Waals surface area contributed by atoms with Crippen LogP contribution in [0.2, 0.25) is 0 Å². The van der Waals surface area contributed by atoms with Crippen molar-refractivity contribution in [3.8, 4) is 0 Å². The Morgan fingerprint density at radius 3 is 1.91 bits per heavy atom. The van der Waals surface area contributed by atoms with Crippen LogP contribution in [0.25, 0.3) is 0 Å². The van der Waals surface area contributed by atoms with Crippen molar-refractivity contribution in [2.45, 2.75) is 6.42 Å². The van der Waals surface area contributed by atoms with Gasteiger partial charge in [-0.05, 0) is 23.8 Å². The zero-order valence-electron chi connectivity index (χ0n) is 12.8. The molecule has 0 spiro atoms. The molecule has 2 heteroatoms. The maximum Gasteiger partial charge on any atom is 0.167 e. The molecule has 2 aliphatic carbocycles. The molecule has 2 bridgehead atoms. The average molecular weight is 318 g/mol. The number of allylic oxidation sites excluding steroid dienone is 2. The smallest absolute Gasteiger partial charge is 0.167 e. The summed E-state index contributed by atoms with van der Waals surface area (Å²) >= 11 is 5.80. The molecule has 0 amide bonds. The van der Waals surface area contributed by atoms with Crippen LogP contribution >= 0.6 is 12.2 Å². The standard InChI is InChI=1S/C21H18OS/c22-20(14-7-3-1-4-8-14)18-16-11-12-17(13-16)19(18)21(23)15-9-5-2-6-10-15/h1-12,16-19H,13H2/t16-,17+,18+,19+/m0/s1. The first-order valence-corrected chi connectivity index (χ1v) is 8.53. The van der Waals surface area contributed by atoms with Gasteiger partial charge in [-0.15, -0.1) is 0 Å². The van der Waals surface area contributed by atoms with E-state index in [0.29, 0.717) is 11.8 Å². The van der Waals surface area contributed by atoms with Gasteiger partial charge in [-0.25, -0.2) is 0 Å². The predicted octanol–water partition coefficient (Wildman–Crippen LogP) is 4.73. The minimum atomic E-state index is -0.0138. The third kappa shape index (κ3) is 2.47. The minimum absolute atomic E-state index is 0.0138. The lowest BCUT2D eigenvalue weighted by Crippen LogP contribution is -2.32. The van der Waals surface area contributed by atoms with Crippen molar-refractivity contribution in [2.75, 3.05) is 0 Å². The zero-order valence-corrected chi connectivity index (χ0v) is 13.6. The monoisotopic (exact) mass is 318 g/mol. The zero-order chi connectivity index (χ0) is 15.8. The molecule has 1 saturated carbocycles. The lowest BCUT2D eigenvalue weighted by Gasteiger charge is -2.28. The lowest BCUT2D eigenvalue weighted by atomic mass is 9.75. The van der Waals surface area contributed by atoms with Crippen molar-refractivity contribution in [1.29, 1.82) is 0 Å².